The molecule has 1 heterocycles. The van der Waals surface area contributed by atoms with Crippen LogP contribution in [0.4, 0.5) is 0 Å². The first-order chi connectivity index (χ1) is 6.69. The van der Waals surface area contributed by atoms with Gasteiger partial charge in [-0.25, -0.2) is 9.89 Å². The van der Waals surface area contributed by atoms with Crippen molar-refractivity contribution in [1.29, 1.82) is 0 Å². The lowest BCUT2D eigenvalue weighted by Gasteiger charge is -2.06. The first-order valence-corrected chi connectivity index (χ1v) is 6.63. The number of hydrogen-bond acceptors (Lipinski definition) is 3. The number of halogens is 1. The second-order valence-corrected chi connectivity index (χ2v) is 4.76. The summed E-state index contributed by atoms with van der Waals surface area (Å²) in [6.45, 7) is 4.76. The molecule has 0 aliphatic heterocycles. The molecule has 0 aliphatic rings. The fourth-order valence-corrected chi connectivity index (χ4v) is 2.52. The van der Waals surface area contributed by atoms with E-state index < -0.39 is 0 Å². The topological polar surface area (TPSA) is 50.7 Å². The first-order valence-electron chi connectivity index (χ1n) is 4.53. The van der Waals surface area contributed by atoms with Crippen LogP contribution >= 0.6 is 27.7 Å². The normalized spacial score (nSPS) is 13.1. The average Bonchev–Trinajstić information content (AvgIpc) is 2.55. The van der Waals surface area contributed by atoms with E-state index in [1.807, 2.05) is 6.92 Å². The Bertz CT molecular complexity index is 336. The van der Waals surface area contributed by atoms with Crippen LogP contribution in [-0.2, 0) is 6.54 Å². The van der Waals surface area contributed by atoms with Crippen LogP contribution < -0.4 is 5.69 Å². The maximum atomic E-state index is 11.2. The zero-order valence-electron chi connectivity index (χ0n) is 8.29. The number of nitrogens with one attached hydrogen (secondary N) is 1. The van der Waals surface area contributed by atoms with Gasteiger partial charge in [-0.05, 0) is 12.8 Å². The Hall–Kier alpha value is -0.230. The molecule has 0 saturated heterocycles. The van der Waals surface area contributed by atoms with Crippen molar-refractivity contribution in [3.8, 4) is 0 Å². The molecule has 0 spiro atoms. The average molecular weight is 280 g/mol. The van der Waals surface area contributed by atoms with E-state index in [4.69, 9.17) is 0 Å². The molecule has 0 fully saturated rings. The second-order valence-electron chi connectivity index (χ2n) is 3.13. The summed E-state index contributed by atoms with van der Waals surface area (Å²) in [6, 6.07) is 0. The standard InChI is InChI=1S/C8H14BrN3OS/c1-3-12-7(13)10-11-8(12)14-5-6(2)4-9/h6H,3-5H2,1-2H3,(H,10,13). The molecular formula is C8H14BrN3OS. The minimum atomic E-state index is -0.124. The highest BCUT2D eigenvalue weighted by molar-refractivity contribution is 9.09. The van der Waals surface area contributed by atoms with Gasteiger partial charge in [0.05, 0.1) is 0 Å². The lowest BCUT2D eigenvalue weighted by molar-refractivity contribution is 0.658. The summed E-state index contributed by atoms with van der Waals surface area (Å²) in [5.41, 5.74) is -0.124. The number of hydrogen-bond donors (Lipinski definition) is 1. The van der Waals surface area contributed by atoms with E-state index in [-0.39, 0.29) is 5.69 Å². The van der Waals surface area contributed by atoms with Crippen LogP contribution in [0.5, 0.6) is 0 Å². The number of alkyl halides is 1. The van der Waals surface area contributed by atoms with Gasteiger partial charge in [0.1, 0.15) is 0 Å². The quantitative estimate of drug-likeness (QED) is 0.660. The molecule has 0 aromatic carbocycles. The Balaban J connectivity index is 2.62. The Kier molecular flexibility index (Phi) is 4.74. The van der Waals surface area contributed by atoms with E-state index >= 15 is 0 Å². The minimum absolute atomic E-state index is 0.124. The molecule has 1 N–H and O–H groups in total. The van der Waals surface area contributed by atoms with Crippen LogP contribution in [0.15, 0.2) is 9.95 Å². The molecule has 4 nitrogen and oxygen atoms in total. The second kappa shape index (κ2) is 5.60. The van der Waals surface area contributed by atoms with Gasteiger partial charge in [0.25, 0.3) is 0 Å². The number of rotatable bonds is 5. The molecule has 0 amide bonds. The Morgan fingerprint density at radius 1 is 1.71 bits per heavy atom. The fourth-order valence-electron chi connectivity index (χ4n) is 0.954. The van der Waals surface area contributed by atoms with Crippen molar-refractivity contribution in [2.24, 2.45) is 5.92 Å². The highest BCUT2D eigenvalue weighted by Gasteiger charge is 2.08. The maximum Gasteiger partial charge on any atom is 0.343 e. The van der Waals surface area contributed by atoms with Gasteiger partial charge in [-0.1, -0.05) is 34.6 Å². The molecule has 1 atom stereocenters. The zero-order chi connectivity index (χ0) is 10.6. The van der Waals surface area contributed by atoms with E-state index in [0.717, 1.165) is 16.2 Å². The molecule has 14 heavy (non-hydrogen) atoms. The fraction of sp³-hybridized carbons (Fsp3) is 0.750. The van der Waals surface area contributed by atoms with E-state index in [1.165, 1.54) is 0 Å². The third-order valence-electron chi connectivity index (χ3n) is 1.80. The van der Waals surface area contributed by atoms with Crippen LogP contribution in [0.25, 0.3) is 0 Å². The van der Waals surface area contributed by atoms with Gasteiger partial charge in [0.15, 0.2) is 5.16 Å². The predicted octanol–water partition coefficient (Wildman–Crippen LogP) is 1.71. The van der Waals surface area contributed by atoms with Gasteiger partial charge in [0, 0.05) is 17.6 Å². The van der Waals surface area contributed by atoms with E-state index in [1.54, 1.807) is 16.3 Å². The minimum Gasteiger partial charge on any atom is -0.270 e. The van der Waals surface area contributed by atoms with E-state index in [9.17, 15) is 4.79 Å². The summed E-state index contributed by atoms with van der Waals surface area (Å²) in [7, 11) is 0. The monoisotopic (exact) mass is 279 g/mol. The van der Waals surface area contributed by atoms with Crippen molar-refractivity contribution in [2.45, 2.75) is 25.5 Å². The zero-order valence-corrected chi connectivity index (χ0v) is 10.7. The van der Waals surface area contributed by atoms with Crippen LogP contribution in [-0.4, -0.2) is 25.8 Å². The van der Waals surface area contributed by atoms with Gasteiger partial charge >= 0.3 is 5.69 Å². The lowest BCUT2D eigenvalue weighted by Crippen LogP contribution is -2.16. The van der Waals surface area contributed by atoms with Crippen molar-refractivity contribution in [3.05, 3.63) is 10.5 Å². The number of nitrogens with zero attached hydrogens (tertiary/aromatic N) is 2. The molecular weight excluding hydrogens is 266 g/mol. The van der Waals surface area contributed by atoms with Crippen LogP contribution in [0, 0.1) is 5.92 Å². The van der Waals surface area contributed by atoms with Crippen molar-refractivity contribution in [3.63, 3.8) is 0 Å². The highest BCUT2D eigenvalue weighted by Crippen LogP contribution is 2.17. The smallest absolute Gasteiger partial charge is 0.270 e. The van der Waals surface area contributed by atoms with Gasteiger partial charge in [0.2, 0.25) is 0 Å². The van der Waals surface area contributed by atoms with Gasteiger partial charge in [-0.15, -0.1) is 5.10 Å². The van der Waals surface area contributed by atoms with E-state index in [2.05, 4.69) is 33.1 Å². The lowest BCUT2D eigenvalue weighted by atomic mass is 10.3. The van der Waals surface area contributed by atoms with Crippen LogP contribution in [0.2, 0.25) is 0 Å². The van der Waals surface area contributed by atoms with Gasteiger partial charge < -0.3 is 0 Å². The molecule has 80 valence electrons. The third kappa shape index (κ3) is 2.88. The number of aromatic nitrogens is 3. The summed E-state index contributed by atoms with van der Waals surface area (Å²) >= 11 is 5.03. The summed E-state index contributed by atoms with van der Waals surface area (Å²) in [5, 5.41) is 8.18. The maximum absolute atomic E-state index is 11.2. The summed E-state index contributed by atoms with van der Waals surface area (Å²) in [4.78, 5) is 11.2. The molecule has 0 aliphatic carbocycles. The molecule has 1 aromatic rings. The van der Waals surface area contributed by atoms with Gasteiger partial charge in [-0.2, -0.15) is 0 Å². The summed E-state index contributed by atoms with van der Waals surface area (Å²) in [6.07, 6.45) is 0. The Labute approximate surface area is 95.6 Å². The molecule has 1 aromatic heterocycles. The Morgan fingerprint density at radius 2 is 2.43 bits per heavy atom. The summed E-state index contributed by atoms with van der Waals surface area (Å²) in [5.74, 6) is 1.55. The Morgan fingerprint density at radius 3 is 3.00 bits per heavy atom. The van der Waals surface area contributed by atoms with Crippen molar-refractivity contribution in [2.75, 3.05) is 11.1 Å². The number of aromatic amines is 1. The number of H-pyrrole nitrogens is 1. The molecule has 6 heteroatoms. The van der Waals surface area contributed by atoms with Crippen LogP contribution in [0.1, 0.15) is 13.8 Å². The predicted molar refractivity (Wildman–Crippen MR) is 62.2 cm³/mol. The molecule has 0 bridgehead atoms. The molecule has 1 unspecified atom stereocenters. The van der Waals surface area contributed by atoms with Crippen molar-refractivity contribution < 1.29 is 0 Å². The van der Waals surface area contributed by atoms with Crippen LogP contribution in [0.3, 0.4) is 0 Å². The van der Waals surface area contributed by atoms with E-state index in [0.29, 0.717) is 12.5 Å². The van der Waals surface area contributed by atoms with Crippen molar-refractivity contribution >= 4 is 27.7 Å². The number of thioether (sulfide) groups is 1. The van der Waals surface area contributed by atoms with Gasteiger partial charge in [-0.3, -0.25) is 4.57 Å². The third-order valence-corrected chi connectivity index (χ3v) is 4.21. The largest absolute Gasteiger partial charge is 0.343 e. The molecule has 1 rings (SSSR count). The highest BCUT2D eigenvalue weighted by atomic mass is 79.9. The first kappa shape index (κ1) is 11.8. The summed E-state index contributed by atoms with van der Waals surface area (Å²) < 4.78 is 1.64. The molecule has 0 radical (unpaired) electrons. The SMILES string of the molecule is CCn1c(SCC(C)CBr)n[nH]c1=O. The van der Waals surface area contributed by atoms with Crippen molar-refractivity contribution in [1.82, 2.24) is 14.8 Å². The molecule has 0 saturated carbocycles.